The number of carbonyl (C=O) groups excluding carboxylic acids is 4. The number of halogens is 9. The molecule has 0 atom stereocenters. The number of hydrogen-bond acceptors (Lipinski definition) is 7. The molecule has 6 aromatic carbocycles. The van der Waals surface area contributed by atoms with Gasteiger partial charge in [-0.05, 0) is 106 Å². The van der Waals surface area contributed by atoms with Crippen LogP contribution in [0.3, 0.4) is 0 Å². The molecular weight excluding hydrogens is 1330 g/mol. The van der Waals surface area contributed by atoms with E-state index in [0.717, 1.165) is 22.4 Å². The largest absolute Gasteiger partial charge is 2.00 e. The van der Waals surface area contributed by atoms with Gasteiger partial charge in [0.15, 0.2) is 0 Å². The molecule has 480 valence electrons. The summed E-state index contributed by atoms with van der Waals surface area (Å²) in [6.07, 6.45) is -6.64. The Balaban J connectivity index is 0.00000954. The Labute approximate surface area is 560 Å². The summed E-state index contributed by atoms with van der Waals surface area (Å²) < 4.78 is 129. The van der Waals surface area contributed by atoms with Crippen molar-refractivity contribution in [2.45, 2.75) is 44.7 Å². The number of rotatable bonds is 12. The molecule has 0 saturated heterocycles. The van der Waals surface area contributed by atoms with Crippen molar-refractivity contribution in [1.29, 1.82) is 0 Å². The molecule has 25 heteroatoms. The molecule has 0 unspecified atom stereocenters. The van der Waals surface area contributed by atoms with Crippen molar-refractivity contribution in [3.05, 3.63) is 222 Å². The molecule has 8 bridgehead atoms. The molecule has 2 aliphatic rings. The molecule has 0 spiro atoms. The van der Waals surface area contributed by atoms with E-state index < -0.39 is 50.2 Å². The summed E-state index contributed by atoms with van der Waals surface area (Å²) in [6.45, 7) is 6.85. The predicted molar refractivity (Wildman–Crippen MR) is 354 cm³/mol. The first-order chi connectivity index (χ1) is 45.7. The molecule has 4 N–H and O–H groups in total. The Kier molecular flexibility index (Phi) is 18.6. The molecule has 4 amide bonds. The normalized spacial score (nSPS) is 12.1. The van der Waals surface area contributed by atoms with Gasteiger partial charge >= 0.3 is 55.7 Å². The van der Waals surface area contributed by atoms with Crippen molar-refractivity contribution in [1.82, 2.24) is 29.5 Å². The average Bonchev–Trinajstić information content (AvgIpc) is 1.63. The van der Waals surface area contributed by atoms with Gasteiger partial charge < -0.3 is 35.8 Å². The summed E-state index contributed by atoms with van der Waals surface area (Å²) in [5.41, 5.74) is 6.91. The van der Waals surface area contributed by atoms with Gasteiger partial charge in [0, 0.05) is 62.7 Å². The number of imidazole rings is 1. The molecule has 0 aliphatic carbocycles. The van der Waals surface area contributed by atoms with Crippen LogP contribution in [0.25, 0.3) is 102 Å². The number of benzene rings is 6. The number of para-hydroxylation sites is 4. The second-order valence-electron chi connectivity index (χ2n) is 23.0. The van der Waals surface area contributed by atoms with Crippen LogP contribution >= 0.6 is 0 Å². The third kappa shape index (κ3) is 14.7. The van der Waals surface area contributed by atoms with E-state index >= 15 is 0 Å². The van der Waals surface area contributed by atoms with Crippen molar-refractivity contribution in [2.24, 2.45) is 0 Å². The van der Waals surface area contributed by atoms with Gasteiger partial charge in [-0.15, -0.1) is 27.6 Å². The number of fused-ring (bicyclic) bond motifs is 8. The molecule has 97 heavy (non-hydrogen) atoms. The molecule has 4 aromatic heterocycles. The van der Waals surface area contributed by atoms with Crippen LogP contribution < -0.4 is 31.2 Å². The van der Waals surface area contributed by atoms with Crippen LogP contribution in [0.5, 0.6) is 0 Å². The second-order valence-corrected chi connectivity index (χ2v) is 27.8. The Morgan fingerprint density at radius 2 is 0.845 bits per heavy atom. The molecular formula is C72H49F9N10O4SiZn. The van der Waals surface area contributed by atoms with E-state index in [1.54, 1.807) is 67.1 Å². The number of nitrogens with one attached hydrogen (secondary N) is 4. The summed E-state index contributed by atoms with van der Waals surface area (Å²) in [4.78, 5) is 77.5. The van der Waals surface area contributed by atoms with Gasteiger partial charge in [0.2, 0.25) is 0 Å². The van der Waals surface area contributed by atoms with Gasteiger partial charge in [0.05, 0.1) is 41.0 Å². The number of carbonyl (C=O) groups is 4. The molecule has 0 fully saturated rings. The fraction of sp³-hybridized carbons (Fsp3) is 0.0972. The SMILES string of the molecule is C[Si](C)(C)C#Cc1ccc(-c2cncn2Cc2cccc(C(=O)Nc3ccccc3-c3c4nc(c(-c5ccccc5NC(=O)C(F)(F)F)c5ccc([n-]5)c(-c5ccccc5NC(=O)C(F)(F)F)c5nc(c(-c6ccccc6NC(=O)C(F)(F)F)c6ccc3[n-]6)C=C5)C=C4)c2)cc1.[Zn+2]. The molecule has 6 heterocycles. The van der Waals surface area contributed by atoms with Crippen LogP contribution in [-0.2, 0) is 40.4 Å². The van der Waals surface area contributed by atoms with Gasteiger partial charge in [0.1, 0.15) is 8.07 Å². The number of nitrogens with zero attached hydrogens (tertiary/aromatic N) is 6. The molecule has 10 aromatic rings. The van der Waals surface area contributed by atoms with Crippen molar-refractivity contribution in [3.8, 4) is 67.2 Å². The predicted octanol–water partition coefficient (Wildman–Crippen LogP) is 16.5. The quantitative estimate of drug-likeness (QED) is 0.0524. The van der Waals surface area contributed by atoms with E-state index in [-0.39, 0.29) is 132 Å². The van der Waals surface area contributed by atoms with E-state index in [2.05, 4.69) is 41.4 Å². The van der Waals surface area contributed by atoms with Crippen molar-refractivity contribution >= 4 is 101 Å². The monoisotopic (exact) mass is 1380 g/mol. The zero-order chi connectivity index (χ0) is 67.8. The third-order valence-electron chi connectivity index (χ3n) is 15.2. The van der Waals surface area contributed by atoms with E-state index in [0.29, 0.717) is 12.1 Å². The summed E-state index contributed by atoms with van der Waals surface area (Å²) in [6, 6.07) is 44.0. The minimum atomic E-state index is -5.36. The van der Waals surface area contributed by atoms with Crippen LogP contribution in [-0.4, -0.2) is 69.8 Å². The van der Waals surface area contributed by atoms with Gasteiger partial charge in [-0.1, -0.05) is 147 Å². The zero-order valence-corrected chi connectivity index (χ0v) is 55.2. The summed E-state index contributed by atoms with van der Waals surface area (Å²) in [5.74, 6) is -4.22. The maximum Gasteiger partial charge on any atom is 2.00 e. The standard InChI is InChI=1S/C72H51F9N10O4Si.Zn/c1-96(2,3)36-35-41-23-25-43(26-24-41)61-38-82-40-91(61)39-42-13-12-14-44(37-42)66(92)87-49-19-8-4-15-45(49)62-53-27-29-55(83-53)63(46-16-5-9-20-50(46)88-67(93)70(73,74)75)57-31-33-59(85-57)65(48-18-7-11-22-52(48)90-69(95)72(79,80)81)60-34-32-58(86-60)64(56-30-28-54(62)84-56)47-17-6-10-21-51(47)89-68(94)71(76,77)78;/h4-34,37-38,40H,39H2,1-3H3,(H6,83,84,85,86,87,88,89,90,92,93,94,95);/q;+2/p-2. The van der Waals surface area contributed by atoms with Gasteiger partial charge in [-0.3, -0.25) is 19.2 Å². The van der Waals surface area contributed by atoms with Crippen LogP contribution in [0.2, 0.25) is 19.6 Å². The number of aromatic nitrogens is 6. The Hall–Kier alpha value is -11.2. The van der Waals surface area contributed by atoms with Crippen LogP contribution in [0, 0.1) is 11.5 Å². The van der Waals surface area contributed by atoms with Crippen molar-refractivity contribution in [3.63, 3.8) is 0 Å². The molecule has 0 saturated carbocycles. The topological polar surface area (TPSA) is 188 Å². The molecule has 14 nitrogen and oxygen atoms in total. The van der Waals surface area contributed by atoms with Gasteiger partial charge in [-0.2, -0.15) is 39.5 Å². The smallest absolute Gasteiger partial charge is 0.657 e. The van der Waals surface area contributed by atoms with Crippen LogP contribution in [0.15, 0.2) is 182 Å². The first-order valence-electron chi connectivity index (χ1n) is 29.4. The molecule has 12 rings (SSSR count). The molecule has 2 aliphatic heterocycles. The second kappa shape index (κ2) is 26.9. The van der Waals surface area contributed by atoms with E-state index in [9.17, 15) is 58.7 Å². The van der Waals surface area contributed by atoms with Crippen molar-refractivity contribution < 1.29 is 78.2 Å². The fourth-order valence-corrected chi connectivity index (χ4v) is 11.4. The fourth-order valence-electron chi connectivity index (χ4n) is 10.9. The Morgan fingerprint density at radius 3 is 1.22 bits per heavy atom. The van der Waals surface area contributed by atoms with Gasteiger partial charge in [0.25, 0.3) is 5.91 Å². The minimum absolute atomic E-state index is 0. The third-order valence-corrected chi connectivity index (χ3v) is 16.1. The van der Waals surface area contributed by atoms with E-state index in [1.165, 1.54) is 109 Å². The minimum Gasteiger partial charge on any atom is -0.657 e. The Morgan fingerprint density at radius 1 is 0.474 bits per heavy atom. The van der Waals surface area contributed by atoms with Gasteiger partial charge in [-0.25, -0.2) is 15.0 Å². The average molecular weight is 1380 g/mol. The van der Waals surface area contributed by atoms with E-state index in [4.69, 9.17) is 19.9 Å². The summed E-state index contributed by atoms with van der Waals surface area (Å²) in [5, 5.41) is 8.88. The molecule has 0 radical (unpaired) electrons. The summed E-state index contributed by atoms with van der Waals surface area (Å²) >= 11 is 0. The summed E-state index contributed by atoms with van der Waals surface area (Å²) in [7, 11) is -1.61. The first kappa shape index (κ1) is 67.2. The first-order valence-corrected chi connectivity index (χ1v) is 32.9. The van der Waals surface area contributed by atoms with Crippen LogP contribution in [0.1, 0.15) is 44.3 Å². The number of amides is 4. The van der Waals surface area contributed by atoms with Crippen molar-refractivity contribution in [2.75, 3.05) is 21.3 Å². The zero-order valence-electron chi connectivity index (χ0n) is 51.3. The van der Waals surface area contributed by atoms with E-state index in [1.807, 2.05) is 50.8 Å². The number of hydrogen-bond donors (Lipinski definition) is 4. The maximum atomic E-state index is 14.7. The number of alkyl halides is 9. The number of anilines is 4. The maximum absolute atomic E-state index is 14.7. The van der Waals surface area contributed by atoms with Crippen LogP contribution in [0.4, 0.5) is 62.3 Å². The Bertz CT molecular complexity index is 5040.